The van der Waals surface area contributed by atoms with Gasteiger partial charge in [-0.2, -0.15) is 4.98 Å². The molecule has 2 aliphatic rings. The highest BCUT2D eigenvalue weighted by atomic mass is 35.5. The van der Waals surface area contributed by atoms with Crippen molar-refractivity contribution < 1.29 is 14.0 Å². The number of likely N-dealkylation sites (tertiary alicyclic amines) is 1. The minimum absolute atomic E-state index is 0.0123. The van der Waals surface area contributed by atoms with E-state index in [9.17, 15) is 0 Å². The van der Waals surface area contributed by atoms with Crippen LogP contribution in [-0.2, 0) is 6.42 Å². The molecule has 1 fully saturated rings. The van der Waals surface area contributed by atoms with Gasteiger partial charge in [0.25, 0.3) is 5.79 Å². The number of nitrogens with zero attached hydrogens (tertiary/aromatic N) is 3. The molecule has 0 aliphatic carbocycles. The first-order chi connectivity index (χ1) is 13.6. The topological polar surface area (TPSA) is 60.6 Å². The predicted octanol–water partition coefficient (Wildman–Crippen LogP) is 4.25. The largest absolute Gasteiger partial charge is 0.447 e. The molecule has 3 heterocycles. The van der Waals surface area contributed by atoms with Crippen LogP contribution in [0.2, 0.25) is 5.02 Å². The van der Waals surface area contributed by atoms with E-state index in [1.165, 1.54) is 0 Å². The Bertz CT molecular complexity index is 964. The first-order valence-corrected chi connectivity index (χ1v) is 9.76. The molecule has 144 valence electrons. The maximum atomic E-state index is 6.12. The van der Waals surface area contributed by atoms with Crippen molar-refractivity contribution in [3.63, 3.8) is 0 Å². The van der Waals surface area contributed by atoms with E-state index >= 15 is 0 Å². The number of fused-ring (bicyclic) bond motifs is 1. The molecule has 28 heavy (non-hydrogen) atoms. The van der Waals surface area contributed by atoms with E-state index in [1.54, 1.807) is 0 Å². The van der Waals surface area contributed by atoms with Crippen LogP contribution in [0.15, 0.2) is 53.1 Å². The van der Waals surface area contributed by atoms with Gasteiger partial charge < -0.3 is 14.0 Å². The van der Waals surface area contributed by atoms with E-state index in [0.717, 1.165) is 30.0 Å². The molecule has 3 aromatic rings. The third-order valence-electron chi connectivity index (χ3n) is 5.33. The molecule has 1 spiro atoms. The lowest BCUT2D eigenvalue weighted by Gasteiger charge is -2.25. The van der Waals surface area contributed by atoms with Gasteiger partial charge in [0.2, 0.25) is 5.89 Å². The molecule has 0 bridgehead atoms. The fourth-order valence-electron chi connectivity index (χ4n) is 3.77. The summed E-state index contributed by atoms with van der Waals surface area (Å²) in [7, 11) is 0. The molecule has 6 nitrogen and oxygen atoms in total. The average molecular weight is 398 g/mol. The third-order valence-corrected chi connectivity index (χ3v) is 5.58. The number of hydrogen-bond donors (Lipinski definition) is 0. The van der Waals surface area contributed by atoms with Crippen LogP contribution in [0.3, 0.4) is 0 Å². The second-order valence-electron chi connectivity index (χ2n) is 7.31. The van der Waals surface area contributed by atoms with Crippen molar-refractivity contribution in [3.05, 3.63) is 70.8 Å². The van der Waals surface area contributed by atoms with Crippen molar-refractivity contribution in [1.82, 2.24) is 15.0 Å². The molecule has 2 aromatic carbocycles. The summed E-state index contributed by atoms with van der Waals surface area (Å²) < 4.78 is 17.8. The fraction of sp³-hybridized carbons (Fsp3) is 0.333. The van der Waals surface area contributed by atoms with Gasteiger partial charge in [0.1, 0.15) is 0 Å². The number of ether oxygens (including phenoxy) is 2. The lowest BCUT2D eigenvalue weighted by molar-refractivity contribution is -0.0701. The summed E-state index contributed by atoms with van der Waals surface area (Å²) >= 11 is 5.94. The van der Waals surface area contributed by atoms with Crippen molar-refractivity contribution in [2.45, 2.75) is 31.6 Å². The van der Waals surface area contributed by atoms with Gasteiger partial charge in [-0.25, -0.2) is 0 Å². The van der Waals surface area contributed by atoms with Gasteiger partial charge in [0.05, 0.1) is 12.6 Å². The van der Waals surface area contributed by atoms with Crippen LogP contribution in [0.4, 0.5) is 0 Å². The van der Waals surface area contributed by atoms with Crippen LogP contribution in [0.25, 0.3) is 0 Å². The van der Waals surface area contributed by atoms with Crippen LogP contribution in [0.1, 0.15) is 36.7 Å². The quantitative estimate of drug-likeness (QED) is 0.656. The van der Waals surface area contributed by atoms with Crippen LogP contribution >= 0.6 is 11.6 Å². The minimum atomic E-state index is -0.621. The lowest BCUT2D eigenvalue weighted by Crippen LogP contribution is -2.42. The molecule has 0 amide bonds. The Morgan fingerprint density at radius 1 is 1.11 bits per heavy atom. The van der Waals surface area contributed by atoms with E-state index in [2.05, 4.69) is 22.0 Å². The number of para-hydroxylation sites is 2. The molecule has 7 heteroatoms. The third kappa shape index (κ3) is 3.23. The SMILES string of the molecule is CC(c1nc(Cc2ccc(Cl)cc2)no1)N1CCC2(C1)Oc1ccccc1O2. The van der Waals surface area contributed by atoms with Crippen molar-refractivity contribution in [1.29, 1.82) is 0 Å². The second kappa shape index (κ2) is 6.79. The summed E-state index contributed by atoms with van der Waals surface area (Å²) in [6.45, 7) is 3.56. The monoisotopic (exact) mass is 397 g/mol. The molecule has 0 radical (unpaired) electrons. The fourth-order valence-corrected chi connectivity index (χ4v) is 3.90. The van der Waals surface area contributed by atoms with Gasteiger partial charge >= 0.3 is 0 Å². The highest BCUT2D eigenvalue weighted by Gasteiger charge is 2.49. The summed E-state index contributed by atoms with van der Waals surface area (Å²) in [5.41, 5.74) is 1.09. The number of hydrogen-bond acceptors (Lipinski definition) is 6. The number of benzene rings is 2. The summed E-state index contributed by atoms with van der Waals surface area (Å²) in [5, 5.41) is 4.85. The van der Waals surface area contributed by atoms with E-state index in [4.69, 9.17) is 25.6 Å². The molecule has 2 aliphatic heterocycles. The highest BCUT2D eigenvalue weighted by Crippen LogP contribution is 2.44. The van der Waals surface area contributed by atoms with E-state index in [0.29, 0.717) is 29.7 Å². The smallest absolute Gasteiger partial charge is 0.265 e. The maximum absolute atomic E-state index is 6.12. The van der Waals surface area contributed by atoms with Crippen LogP contribution < -0.4 is 9.47 Å². The Balaban J connectivity index is 1.26. The van der Waals surface area contributed by atoms with E-state index in [1.807, 2.05) is 48.5 Å². The molecule has 5 rings (SSSR count). The van der Waals surface area contributed by atoms with Gasteiger partial charge in [-0.1, -0.05) is 41.0 Å². The predicted molar refractivity (Wildman–Crippen MR) is 104 cm³/mol. The van der Waals surface area contributed by atoms with E-state index in [-0.39, 0.29) is 6.04 Å². The van der Waals surface area contributed by atoms with Crippen molar-refractivity contribution in [2.24, 2.45) is 0 Å². The van der Waals surface area contributed by atoms with Crippen LogP contribution in [0, 0.1) is 0 Å². The zero-order valence-electron chi connectivity index (χ0n) is 15.5. The van der Waals surface area contributed by atoms with Crippen molar-refractivity contribution in [2.75, 3.05) is 13.1 Å². The summed E-state index contributed by atoms with van der Waals surface area (Å²) in [4.78, 5) is 6.85. The lowest BCUT2D eigenvalue weighted by atomic mass is 10.1. The molecule has 0 N–H and O–H groups in total. The molecular formula is C21H20ClN3O3. The summed E-state index contributed by atoms with van der Waals surface area (Å²) in [5.74, 6) is 2.26. The zero-order valence-corrected chi connectivity index (χ0v) is 16.2. The molecule has 1 aromatic heterocycles. The highest BCUT2D eigenvalue weighted by molar-refractivity contribution is 6.30. The van der Waals surface area contributed by atoms with Crippen molar-refractivity contribution in [3.8, 4) is 11.5 Å². The zero-order chi connectivity index (χ0) is 19.1. The van der Waals surface area contributed by atoms with Crippen molar-refractivity contribution >= 4 is 11.6 Å². The Morgan fingerprint density at radius 2 is 1.82 bits per heavy atom. The second-order valence-corrected chi connectivity index (χ2v) is 7.75. The van der Waals surface area contributed by atoms with Gasteiger partial charge in [-0.15, -0.1) is 0 Å². The first-order valence-electron chi connectivity index (χ1n) is 9.38. The number of halogens is 1. The first kappa shape index (κ1) is 17.5. The Morgan fingerprint density at radius 3 is 2.54 bits per heavy atom. The Kier molecular flexibility index (Phi) is 4.25. The van der Waals surface area contributed by atoms with Gasteiger partial charge in [0.15, 0.2) is 17.3 Å². The molecule has 1 saturated heterocycles. The standard InChI is InChI=1S/C21H20ClN3O3/c1-14(20-23-19(24-28-20)12-15-6-8-16(22)9-7-15)25-11-10-21(13-25)26-17-4-2-3-5-18(17)27-21/h2-9,14H,10-13H2,1H3. The van der Waals surface area contributed by atoms with Gasteiger partial charge in [-0.3, -0.25) is 4.90 Å². The molecule has 0 saturated carbocycles. The maximum Gasteiger partial charge on any atom is 0.265 e. The minimum Gasteiger partial charge on any atom is -0.447 e. The summed E-state index contributed by atoms with van der Waals surface area (Å²) in [6.07, 6.45) is 1.40. The van der Waals surface area contributed by atoms with Crippen LogP contribution in [-0.4, -0.2) is 33.9 Å². The van der Waals surface area contributed by atoms with Gasteiger partial charge in [-0.05, 0) is 36.8 Å². The van der Waals surface area contributed by atoms with E-state index < -0.39 is 5.79 Å². The molecular weight excluding hydrogens is 378 g/mol. The Hall–Kier alpha value is -2.57. The molecule has 1 atom stereocenters. The number of rotatable bonds is 4. The summed E-state index contributed by atoms with van der Waals surface area (Å²) in [6, 6.07) is 15.5. The normalized spacial score (nSPS) is 18.6. The number of aromatic nitrogens is 2. The van der Waals surface area contributed by atoms with Crippen LogP contribution in [0.5, 0.6) is 11.5 Å². The van der Waals surface area contributed by atoms with Gasteiger partial charge in [0, 0.05) is 24.4 Å². The Labute approximate surface area is 168 Å². The average Bonchev–Trinajstić information content (AvgIpc) is 3.41. The molecule has 1 unspecified atom stereocenters.